The monoisotopic (exact) mass is 520 g/mol. The first-order chi connectivity index (χ1) is 20.1. The molecule has 0 radical (unpaired) electrons. The van der Waals surface area contributed by atoms with Gasteiger partial charge in [-0.05, 0) is 93.7 Å². The maximum absolute atomic E-state index is 2.47. The molecule has 1 aliphatic rings. The zero-order valence-corrected chi connectivity index (χ0v) is 23.2. The summed E-state index contributed by atoms with van der Waals surface area (Å²) in [5.41, 5.74) is 10.6. The third-order valence-corrected chi connectivity index (χ3v) is 9.59. The molecule has 192 valence electrons. The molecule has 8 aromatic carbocycles. The molecule has 0 heteroatoms. The molecule has 0 atom stereocenters. The summed E-state index contributed by atoms with van der Waals surface area (Å²) in [7, 11) is 0. The van der Waals surface area contributed by atoms with Crippen molar-refractivity contribution in [1.29, 1.82) is 0 Å². The van der Waals surface area contributed by atoms with Crippen LogP contribution in [0.2, 0.25) is 0 Å². The molecule has 0 saturated heterocycles. The second kappa shape index (κ2) is 8.05. The highest BCUT2D eigenvalue weighted by Crippen LogP contribution is 2.53. The molecule has 0 unspecified atom stereocenters. The molecule has 0 spiro atoms. The largest absolute Gasteiger partial charge is 0.0622 e. The molecule has 0 saturated carbocycles. The topological polar surface area (TPSA) is 0 Å². The van der Waals surface area contributed by atoms with E-state index in [4.69, 9.17) is 0 Å². The van der Waals surface area contributed by atoms with Crippen molar-refractivity contribution in [2.45, 2.75) is 19.3 Å². The minimum Gasteiger partial charge on any atom is -0.0622 e. The predicted octanol–water partition coefficient (Wildman–Crippen LogP) is 11.4. The van der Waals surface area contributed by atoms with Gasteiger partial charge in [0.15, 0.2) is 0 Å². The van der Waals surface area contributed by atoms with E-state index in [1.807, 2.05) is 0 Å². The van der Waals surface area contributed by atoms with E-state index in [9.17, 15) is 0 Å². The van der Waals surface area contributed by atoms with Gasteiger partial charge >= 0.3 is 0 Å². The lowest BCUT2D eigenvalue weighted by Gasteiger charge is -2.24. The van der Waals surface area contributed by atoms with Crippen molar-refractivity contribution < 1.29 is 0 Å². The number of rotatable bonds is 2. The Bertz CT molecular complexity index is 2300. The van der Waals surface area contributed by atoms with Crippen LogP contribution in [-0.4, -0.2) is 0 Å². The lowest BCUT2D eigenvalue weighted by Crippen LogP contribution is -2.15. The molecule has 0 N–H and O–H groups in total. The van der Waals surface area contributed by atoms with Crippen LogP contribution in [0, 0.1) is 0 Å². The predicted molar refractivity (Wildman–Crippen MR) is 176 cm³/mol. The van der Waals surface area contributed by atoms with Crippen molar-refractivity contribution in [2.75, 3.05) is 0 Å². The van der Waals surface area contributed by atoms with Crippen molar-refractivity contribution in [1.82, 2.24) is 0 Å². The lowest BCUT2D eigenvalue weighted by atomic mass is 9.79. The first-order valence-corrected chi connectivity index (χ1v) is 14.5. The van der Waals surface area contributed by atoms with Crippen molar-refractivity contribution in [3.05, 3.63) is 145 Å². The van der Waals surface area contributed by atoms with E-state index in [-0.39, 0.29) is 5.41 Å². The Balaban J connectivity index is 1.26. The van der Waals surface area contributed by atoms with Gasteiger partial charge in [-0.3, -0.25) is 0 Å². The number of hydrogen-bond donors (Lipinski definition) is 0. The van der Waals surface area contributed by atoms with Crippen molar-refractivity contribution >= 4 is 43.1 Å². The molecule has 0 amide bonds. The van der Waals surface area contributed by atoms with E-state index >= 15 is 0 Å². The second-order valence-electron chi connectivity index (χ2n) is 12.1. The van der Waals surface area contributed by atoms with E-state index < -0.39 is 0 Å². The molecule has 1 aliphatic carbocycles. The summed E-state index contributed by atoms with van der Waals surface area (Å²) in [5.74, 6) is 0. The Morgan fingerprint density at radius 2 is 1.02 bits per heavy atom. The van der Waals surface area contributed by atoms with Gasteiger partial charge in [0, 0.05) is 5.41 Å². The van der Waals surface area contributed by atoms with Gasteiger partial charge in [0.2, 0.25) is 0 Å². The first kappa shape index (κ1) is 22.8. The zero-order chi connectivity index (χ0) is 27.3. The smallest absolute Gasteiger partial charge is 0.0165 e. The van der Waals surface area contributed by atoms with Crippen LogP contribution in [0.1, 0.15) is 25.0 Å². The van der Waals surface area contributed by atoms with E-state index in [2.05, 4.69) is 147 Å². The van der Waals surface area contributed by atoms with Gasteiger partial charge in [0.25, 0.3) is 0 Å². The van der Waals surface area contributed by atoms with Crippen molar-refractivity contribution in [2.24, 2.45) is 0 Å². The van der Waals surface area contributed by atoms with Gasteiger partial charge in [0.1, 0.15) is 0 Å². The highest BCUT2D eigenvalue weighted by atomic mass is 14.4. The SMILES string of the molecule is CC1(C)c2cc(-c3ccc4ccc5cccc6ccc3c4c56)ccc2-c2ccc3c(-c4ccccc4)cccc3c21. The molecule has 0 nitrogen and oxygen atoms in total. The fourth-order valence-corrected chi connectivity index (χ4v) is 7.71. The summed E-state index contributed by atoms with van der Waals surface area (Å²) in [6, 6.07) is 49.8. The van der Waals surface area contributed by atoms with Crippen LogP contribution in [0.25, 0.3) is 76.5 Å². The highest BCUT2D eigenvalue weighted by Gasteiger charge is 2.37. The fraction of sp³-hybridized carbons (Fsp3) is 0.0732. The summed E-state index contributed by atoms with van der Waals surface area (Å²) >= 11 is 0. The molecular weight excluding hydrogens is 492 g/mol. The summed E-state index contributed by atoms with van der Waals surface area (Å²) in [6.07, 6.45) is 0. The average molecular weight is 521 g/mol. The lowest BCUT2D eigenvalue weighted by molar-refractivity contribution is 0.666. The van der Waals surface area contributed by atoms with Crippen molar-refractivity contribution in [3.8, 4) is 33.4 Å². The molecule has 0 aromatic heterocycles. The number of fused-ring (bicyclic) bond motifs is 5. The van der Waals surface area contributed by atoms with Crippen molar-refractivity contribution in [3.63, 3.8) is 0 Å². The third-order valence-electron chi connectivity index (χ3n) is 9.59. The van der Waals surface area contributed by atoms with Gasteiger partial charge in [-0.25, -0.2) is 0 Å². The molecule has 8 aromatic rings. The second-order valence-corrected chi connectivity index (χ2v) is 12.1. The molecule has 0 fully saturated rings. The van der Waals surface area contributed by atoms with E-state index in [0.717, 1.165) is 0 Å². The van der Waals surface area contributed by atoms with E-state index in [1.54, 1.807) is 0 Å². The maximum Gasteiger partial charge on any atom is 0.0165 e. The highest BCUT2D eigenvalue weighted by molar-refractivity contribution is 6.25. The maximum atomic E-state index is 2.47. The average Bonchev–Trinajstić information content (AvgIpc) is 3.26. The quantitative estimate of drug-likeness (QED) is 0.199. The first-order valence-electron chi connectivity index (χ1n) is 14.5. The molecule has 0 heterocycles. The minimum atomic E-state index is -0.112. The van der Waals surface area contributed by atoms with E-state index in [0.29, 0.717) is 0 Å². The number of hydrogen-bond acceptors (Lipinski definition) is 0. The molecule has 0 aliphatic heterocycles. The third kappa shape index (κ3) is 3.05. The van der Waals surface area contributed by atoms with Gasteiger partial charge in [-0.1, -0.05) is 141 Å². The zero-order valence-electron chi connectivity index (χ0n) is 23.2. The van der Waals surface area contributed by atoms with Crippen LogP contribution in [0.15, 0.2) is 133 Å². The van der Waals surface area contributed by atoms with Crippen LogP contribution in [0.3, 0.4) is 0 Å². The summed E-state index contributed by atoms with van der Waals surface area (Å²) < 4.78 is 0. The normalized spacial score (nSPS) is 13.8. The Labute approximate surface area is 239 Å². The van der Waals surface area contributed by atoms with Gasteiger partial charge in [-0.2, -0.15) is 0 Å². The standard InChI is InChI=1S/C41H28/c1-41(2)37-24-29(31-19-16-28-15-14-26-10-6-11-27-17-21-34(31)39(28)38(26)27)18-20-33(37)36-23-22-32-30(25-8-4-3-5-9-25)12-7-13-35(32)40(36)41/h3-24H,1-2H3. The minimum absolute atomic E-state index is 0.112. The number of benzene rings is 8. The Morgan fingerprint density at radius 1 is 0.390 bits per heavy atom. The van der Waals surface area contributed by atoms with Crippen LogP contribution in [-0.2, 0) is 5.41 Å². The Kier molecular flexibility index (Phi) is 4.49. The van der Waals surface area contributed by atoms with Crippen LogP contribution in [0.5, 0.6) is 0 Å². The summed E-state index contributed by atoms with van der Waals surface area (Å²) in [5, 5.41) is 10.7. The molecule has 0 bridgehead atoms. The molecular formula is C41H28. The molecule has 9 rings (SSSR count). The van der Waals surface area contributed by atoms with E-state index in [1.165, 1.54) is 87.6 Å². The van der Waals surface area contributed by atoms with Gasteiger partial charge in [-0.15, -0.1) is 0 Å². The summed E-state index contributed by atoms with van der Waals surface area (Å²) in [6.45, 7) is 4.81. The van der Waals surface area contributed by atoms with Gasteiger partial charge in [0.05, 0.1) is 0 Å². The van der Waals surface area contributed by atoms with Gasteiger partial charge < -0.3 is 0 Å². The van der Waals surface area contributed by atoms with Crippen LogP contribution in [0.4, 0.5) is 0 Å². The van der Waals surface area contributed by atoms with Crippen LogP contribution < -0.4 is 0 Å². The fourth-order valence-electron chi connectivity index (χ4n) is 7.71. The Hall–Kier alpha value is -4.94. The molecule has 41 heavy (non-hydrogen) atoms. The van der Waals surface area contributed by atoms with Crippen LogP contribution >= 0.6 is 0 Å². The Morgan fingerprint density at radius 3 is 1.85 bits per heavy atom. The summed E-state index contributed by atoms with van der Waals surface area (Å²) in [4.78, 5) is 0.